The molecular formula is C18H23N5O. The number of nitrogens with zero attached hydrogens (tertiary/aromatic N) is 4. The SMILES string of the molecule is Cc1ccc(N2CC[C@@H](NCc3nnc4n3CCCC4)C2=O)cc1. The van der Waals surface area contributed by atoms with Gasteiger partial charge in [0.2, 0.25) is 5.91 Å². The van der Waals surface area contributed by atoms with Gasteiger partial charge in [-0.2, -0.15) is 0 Å². The third-order valence-electron chi connectivity index (χ3n) is 4.99. The molecule has 0 radical (unpaired) electrons. The average molecular weight is 325 g/mol. The summed E-state index contributed by atoms with van der Waals surface area (Å²) in [6, 6.07) is 8.00. The van der Waals surface area contributed by atoms with Gasteiger partial charge in [-0.1, -0.05) is 17.7 Å². The number of hydrogen-bond donors (Lipinski definition) is 1. The topological polar surface area (TPSA) is 63.0 Å². The number of carbonyl (C=O) groups excluding carboxylic acids is 1. The molecule has 2 aromatic rings. The first-order chi connectivity index (χ1) is 11.7. The third-order valence-corrected chi connectivity index (χ3v) is 4.99. The number of fused-ring (bicyclic) bond motifs is 1. The molecule has 2 aliphatic heterocycles. The van der Waals surface area contributed by atoms with E-state index in [1.807, 2.05) is 29.2 Å². The van der Waals surface area contributed by atoms with E-state index in [-0.39, 0.29) is 11.9 Å². The highest BCUT2D eigenvalue weighted by Gasteiger charge is 2.32. The lowest BCUT2D eigenvalue weighted by atomic mass is 10.1. The maximum Gasteiger partial charge on any atom is 0.244 e. The summed E-state index contributed by atoms with van der Waals surface area (Å²) in [6.07, 6.45) is 4.21. The van der Waals surface area contributed by atoms with Gasteiger partial charge in [-0.15, -0.1) is 10.2 Å². The summed E-state index contributed by atoms with van der Waals surface area (Å²) in [5, 5.41) is 11.9. The number of rotatable bonds is 4. The molecule has 6 nitrogen and oxygen atoms in total. The van der Waals surface area contributed by atoms with Gasteiger partial charge >= 0.3 is 0 Å². The molecule has 1 aromatic heterocycles. The van der Waals surface area contributed by atoms with Crippen molar-refractivity contribution in [2.75, 3.05) is 11.4 Å². The predicted octanol–water partition coefficient (Wildman–Crippen LogP) is 1.82. The maximum absolute atomic E-state index is 12.7. The van der Waals surface area contributed by atoms with Gasteiger partial charge < -0.3 is 9.47 Å². The first-order valence-corrected chi connectivity index (χ1v) is 8.75. The van der Waals surface area contributed by atoms with Gasteiger partial charge in [0.1, 0.15) is 11.6 Å². The minimum Gasteiger partial charge on any atom is -0.314 e. The number of aryl methyl sites for hydroxylation is 2. The van der Waals surface area contributed by atoms with Crippen molar-refractivity contribution in [3.8, 4) is 0 Å². The van der Waals surface area contributed by atoms with Crippen molar-refractivity contribution in [1.82, 2.24) is 20.1 Å². The Labute approximate surface area is 141 Å². The van der Waals surface area contributed by atoms with Crippen LogP contribution in [0, 0.1) is 6.92 Å². The number of nitrogens with one attached hydrogen (secondary N) is 1. The highest BCUT2D eigenvalue weighted by atomic mass is 16.2. The van der Waals surface area contributed by atoms with Crippen LogP contribution in [0.5, 0.6) is 0 Å². The monoisotopic (exact) mass is 325 g/mol. The van der Waals surface area contributed by atoms with Crippen molar-refractivity contribution in [2.24, 2.45) is 0 Å². The second kappa shape index (κ2) is 6.36. The van der Waals surface area contributed by atoms with Crippen LogP contribution in [0.4, 0.5) is 5.69 Å². The second-order valence-electron chi connectivity index (χ2n) is 6.69. The third kappa shape index (κ3) is 2.82. The molecule has 1 saturated heterocycles. The van der Waals surface area contributed by atoms with Gasteiger partial charge in [-0.05, 0) is 38.3 Å². The first kappa shape index (κ1) is 15.3. The van der Waals surface area contributed by atoms with Gasteiger partial charge in [0.25, 0.3) is 0 Å². The van der Waals surface area contributed by atoms with Crippen LogP contribution < -0.4 is 10.2 Å². The van der Waals surface area contributed by atoms with Gasteiger partial charge in [0.05, 0.1) is 12.6 Å². The number of benzene rings is 1. The van der Waals surface area contributed by atoms with Gasteiger partial charge in [0, 0.05) is 25.2 Å². The molecule has 0 aliphatic carbocycles. The molecule has 0 bridgehead atoms. The highest BCUT2D eigenvalue weighted by Crippen LogP contribution is 2.22. The van der Waals surface area contributed by atoms with Crippen LogP contribution in [0.1, 0.15) is 36.5 Å². The standard InChI is InChI=1S/C18H23N5O/c1-13-5-7-14(8-6-13)22-11-9-15(18(22)24)19-12-17-21-20-16-4-2-3-10-23(16)17/h5-8,15,19H,2-4,9-12H2,1H3/t15-/m1/s1. The van der Waals surface area contributed by atoms with E-state index >= 15 is 0 Å². The van der Waals surface area contributed by atoms with Gasteiger partial charge in [-0.25, -0.2) is 0 Å². The predicted molar refractivity (Wildman–Crippen MR) is 91.7 cm³/mol. The molecule has 126 valence electrons. The van der Waals surface area contributed by atoms with E-state index in [0.29, 0.717) is 6.54 Å². The Morgan fingerprint density at radius 2 is 2.00 bits per heavy atom. The summed E-state index contributed by atoms with van der Waals surface area (Å²) < 4.78 is 2.20. The van der Waals surface area contributed by atoms with Crippen molar-refractivity contribution < 1.29 is 4.79 Å². The number of anilines is 1. The number of aromatic nitrogens is 3. The lowest BCUT2D eigenvalue weighted by molar-refractivity contribution is -0.118. The molecule has 1 N–H and O–H groups in total. The Balaban J connectivity index is 1.40. The van der Waals surface area contributed by atoms with E-state index in [2.05, 4.69) is 27.0 Å². The molecule has 6 heteroatoms. The van der Waals surface area contributed by atoms with Crippen LogP contribution in [-0.2, 0) is 24.3 Å². The van der Waals surface area contributed by atoms with Crippen LogP contribution in [0.25, 0.3) is 0 Å². The lowest BCUT2D eigenvalue weighted by Gasteiger charge is -2.18. The molecular weight excluding hydrogens is 302 g/mol. The fraction of sp³-hybridized carbons (Fsp3) is 0.500. The molecule has 24 heavy (non-hydrogen) atoms. The zero-order valence-corrected chi connectivity index (χ0v) is 14.0. The number of carbonyl (C=O) groups is 1. The van der Waals surface area contributed by atoms with E-state index in [9.17, 15) is 4.79 Å². The molecule has 1 atom stereocenters. The molecule has 1 amide bonds. The van der Waals surface area contributed by atoms with E-state index in [1.165, 1.54) is 18.4 Å². The van der Waals surface area contributed by atoms with Crippen molar-refractivity contribution in [3.63, 3.8) is 0 Å². The molecule has 0 saturated carbocycles. The first-order valence-electron chi connectivity index (χ1n) is 8.75. The largest absolute Gasteiger partial charge is 0.314 e. The van der Waals surface area contributed by atoms with Crippen molar-refractivity contribution in [3.05, 3.63) is 41.5 Å². The van der Waals surface area contributed by atoms with E-state index in [0.717, 1.165) is 43.3 Å². The van der Waals surface area contributed by atoms with Crippen LogP contribution in [0.3, 0.4) is 0 Å². The molecule has 0 unspecified atom stereocenters. The Kier molecular flexibility index (Phi) is 4.06. The normalized spacial score (nSPS) is 20.5. The lowest BCUT2D eigenvalue weighted by Crippen LogP contribution is -2.38. The smallest absolute Gasteiger partial charge is 0.244 e. The van der Waals surface area contributed by atoms with E-state index < -0.39 is 0 Å². The highest BCUT2D eigenvalue weighted by molar-refractivity contribution is 5.99. The Hall–Kier alpha value is -2.21. The van der Waals surface area contributed by atoms with E-state index in [4.69, 9.17) is 0 Å². The zero-order chi connectivity index (χ0) is 16.5. The van der Waals surface area contributed by atoms with Crippen LogP contribution in [-0.4, -0.2) is 33.3 Å². The van der Waals surface area contributed by atoms with Crippen LogP contribution in [0.15, 0.2) is 24.3 Å². The molecule has 2 aliphatic rings. The molecule has 1 aromatic carbocycles. The molecule has 1 fully saturated rings. The zero-order valence-electron chi connectivity index (χ0n) is 14.0. The summed E-state index contributed by atoms with van der Waals surface area (Å²) >= 11 is 0. The maximum atomic E-state index is 12.7. The van der Waals surface area contributed by atoms with Crippen molar-refractivity contribution in [2.45, 2.75) is 51.7 Å². The Morgan fingerprint density at radius 3 is 2.83 bits per heavy atom. The molecule has 3 heterocycles. The van der Waals surface area contributed by atoms with Gasteiger partial charge in [-0.3, -0.25) is 10.1 Å². The number of amides is 1. The molecule has 4 rings (SSSR count). The summed E-state index contributed by atoms with van der Waals surface area (Å²) in [4.78, 5) is 14.5. The number of hydrogen-bond acceptors (Lipinski definition) is 4. The van der Waals surface area contributed by atoms with Crippen molar-refractivity contribution in [1.29, 1.82) is 0 Å². The minimum atomic E-state index is -0.136. The fourth-order valence-corrected chi connectivity index (χ4v) is 3.56. The summed E-state index contributed by atoms with van der Waals surface area (Å²) in [6.45, 7) is 4.41. The quantitative estimate of drug-likeness (QED) is 0.931. The second-order valence-corrected chi connectivity index (χ2v) is 6.69. The minimum absolute atomic E-state index is 0.136. The Morgan fingerprint density at radius 1 is 1.17 bits per heavy atom. The van der Waals surface area contributed by atoms with Crippen molar-refractivity contribution >= 4 is 11.6 Å². The fourth-order valence-electron chi connectivity index (χ4n) is 3.56. The summed E-state index contributed by atoms with van der Waals surface area (Å²) in [5.74, 6) is 2.18. The van der Waals surface area contributed by atoms with E-state index in [1.54, 1.807) is 0 Å². The molecule has 0 spiro atoms. The summed E-state index contributed by atoms with van der Waals surface area (Å²) in [5.41, 5.74) is 2.19. The van der Waals surface area contributed by atoms with Gasteiger partial charge in [0.15, 0.2) is 0 Å². The summed E-state index contributed by atoms with van der Waals surface area (Å²) in [7, 11) is 0. The Bertz CT molecular complexity index is 736. The van der Waals surface area contributed by atoms with Crippen LogP contribution in [0.2, 0.25) is 0 Å². The average Bonchev–Trinajstić information content (AvgIpc) is 3.18. The van der Waals surface area contributed by atoms with Crippen LogP contribution >= 0.6 is 0 Å².